The maximum atomic E-state index is 11.9. The molecule has 0 bridgehead atoms. The SMILES string of the molecule is CC(C)C[C@H]1NC(=O)N(CC(=O)NC(C)C)C1=O. The van der Waals surface area contributed by atoms with Crippen molar-refractivity contribution in [3.05, 3.63) is 0 Å². The average Bonchev–Trinajstić information content (AvgIpc) is 2.44. The van der Waals surface area contributed by atoms with E-state index in [0.29, 0.717) is 12.3 Å². The van der Waals surface area contributed by atoms with Gasteiger partial charge in [0.1, 0.15) is 12.6 Å². The summed E-state index contributed by atoms with van der Waals surface area (Å²) in [4.78, 5) is 36.1. The number of hydrogen-bond acceptors (Lipinski definition) is 3. The number of hydrogen-bond donors (Lipinski definition) is 2. The Labute approximate surface area is 107 Å². The van der Waals surface area contributed by atoms with Gasteiger partial charge in [0, 0.05) is 6.04 Å². The van der Waals surface area contributed by atoms with Gasteiger partial charge in [-0.2, -0.15) is 0 Å². The molecule has 6 heteroatoms. The first kappa shape index (κ1) is 14.5. The predicted octanol–water partition coefficient (Wildman–Crippen LogP) is 0.477. The van der Waals surface area contributed by atoms with Gasteiger partial charge in [-0.25, -0.2) is 4.79 Å². The third kappa shape index (κ3) is 3.72. The molecule has 0 aromatic carbocycles. The Bertz CT molecular complexity index is 352. The van der Waals surface area contributed by atoms with Gasteiger partial charge >= 0.3 is 6.03 Å². The zero-order chi connectivity index (χ0) is 13.9. The van der Waals surface area contributed by atoms with Crippen molar-refractivity contribution < 1.29 is 14.4 Å². The highest BCUT2D eigenvalue weighted by Gasteiger charge is 2.38. The Balaban J connectivity index is 2.59. The molecular weight excluding hydrogens is 234 g/mol. The van der Waals surface area contributed by atoms with Crippen LogP contribution < -0.4 is 10.6 Å². The largest absolute Gasteiger partial charge is 0.352 e. The van der Waals surface area contributed by atoms with Crippen LogP contribution in [-0.2, 0) is 9.59 Å². The van der Waals surface area contributed by atoms with E-state index >= 15 is 0 Å². The summed E-state index contributed by atoms with van der Waals surface area (Å²) < 4.78 is 0. The number of imide groups is 1. The Morgan fingerprint density at radius 3 is 2.44 bits per heavy atom. The third-order valence-electron chi connectivity index (χ3n) is 2.57. The Hall–Kier alpha value is -1.59. The van der Waals surface area contributed by atoms with Gasteiger partial charge in [0.15, 0.2) is 0 Å². The van der Waals surface area contributed by atoms with Crippen molar-refractivity contribution in [2.24, 2.45) is 5.92 Å². The van der Waals surface area contributed by atoms with Crippen molar-refractivity contribution in [3.8, 4) is 0 Å². The normalized spacial score (nSPS) is 19.7. The molecule has 4 amide bonds. The Morgan fingerprint density at radius 1 is 1.33 bits per heavy atom. The minimum absolute atomic E-state index is 0.00951. The van der Waals surface area contributed by atoms with Crippen LogP contribution >= 0.6 is 0 Å². The van der Waals surface area contributed by atoms with E-state index in [1.165, 1.54) is 0 Å². The van der Waals surface area contributed by atoms with Crippen LogP contribution in [-0.4, -0.2) is 41.4 Å². The quantitative estimate of drug-likeness (QED) is 0.701. The molecule has 1 saturated heterocycles. The number of nitrogens with one attached hydrogen (secondary N) is 2. The van der Waals surface area contributed by atoms with E-state index in [1.807, 2.05) is 27.7 Å². The second-order valence-electron chi connectivity index (χ2n) is 5.28. The number of carbonyl (C=O) groups is 3. The van der Waals surface area contributed by atoms with Crippen LogP contribution in [0.1, 0.15) is 34.1 Å². The molecule has 1 aliphatic heterocycles. The summed E-state index contributed by atoms with van der Waals surface area (Å²) in [6, 6.07) is -0.987. The standard InChI is InChI=1S/C12H21N3O3/c1-7(2)5-9-11(17)15(12(18)14-9)6-10(16)13-8(3)4/h7-9H,5-6H2,1-4H3,(H,13,16)(H,14,18)/t9-/m1/s1. The van der Waals surface area contributed by atoms with Gasteiger partial charge in [-0.15, -0.1) is 0 Å². The summed E-state index contributed by atoms with van der Waals surface area (Å²) in [7, 11) is 0. The van der Waals surface area contributed by atoms with Crippen LogP contribution in [0.2, 0.25) is 0 Å². The summed E-state index contributed by atoms with van der Waals surface area (Å²) in [5.74, 6) is -0.324. The summed E-state index contributed by atoms with van der Waals surface area (Å²) in [6.45, 7) is 7.40. The lowest BCUT2D eigenvalue weighted by molar-refractivity contribution is -0.132. The third-order valence-corrected chi connectivity index (χ3v) is 2.57. The Morgan fingerprint density at radius 2 is 1.94 bits per heavy atom. The molecule has 1 aliphatic rings. The monoisotopic (exact) mass is 255 g/mol. The van der Waals surface area contributed by atoms with Gasteiger partial charge in [-0.3, -0.25) is 14.5 Å². The van der Waals surface area contributed by atoms with E-state index in [1.54, 1.807) is 0 Å². The van der Waals surface area contributed by atoms with Gasteiger partial charge < -0.3 is 10.6 Å². The van der Waals surface area contributed by atoms with Gasteiger partial charge in [0.2, 0.25) is 5.91 Å². The zero-order valence-electron chi connectivity index (χ0n) is 11.3. The van der Waals surface area contributed by atoms with E-state index in [0.717, 1.165) is 4.90 Å². The predicted molar refractivity (Wildman–Crippen MR) is 66.8 cm³/mol. The first-order valence-electron chi connectivity index (χ1n) is 6.22. The highest BCUT2D eigenvalue weighted by Crippen LogP contribution is 2.13. The van der Waals surface area contributed by atoms with E-state index in [4.69, 9.17) is 0 Å². The van der Waals surface area contributed by atoms with E-state index in [-0.39, 0.29) is 24.4 Å². The van der Waals surface area contributed by atoms with Crippen LogP contribution in [0.15, 0.2) is 0 Å². The van der Waals surface area contributed by atoms with Crippen LogP contribution in [0.4, 0.5) is 4.79 Å². The molecule has 6 nitrogen and oxygen atoms in total. The van der Waals surface area contributed by atoms with E-state index < -0.39 is 12.1 Å². The van der Waals surface area contributed by atoms with Gasteiger partial charge in [-0.05, 0) is 26.2 Å². The molecule has 0 aromatic heterocycles. The molecule has 18 heavy (non-hydrogen) atoms. The topological polar surface area (TPSA) is 78.5 Å². The fraction of sp³-hybridized carbons (Fsp3) is 0.750. The van der Waals surface area contributed by atoms with Crippen LogP contribution in [0.25, 0.3) is 0 Å². The van der Waals surface area contributed by atoms with Crippen LogP contribution in [0, 0.1) is 5.92 Å². The highest BCUT2D eigenvalue weighted by molar-refractivity contribution is 6.06. The second kappa shape index (κ2) is 5.84. The highest BCUT2D eigenvalue weighted by atomic mass is 16.2. The van der Waals surface area contributed by atoms with Crippen molar-refractivity contribution in [1.29, 1.82) is 0 Å². The van der Waals surface area contributed by atoms with Crippen molar-refractivity contribution in [3.63, 3.8) is 0 Å². The molecule has 102 valence electrons. The maximum Gasteiger partial charge on any atom is 0.325 e. The second-order valence-corrected chi connectivity index (χ2v) is 5.28. The lowest BCUT2D eigenvalue weighted by Crippen LogP contribution is -2.43. The maximum absolute atomic E-state index is 11.9. The van der Waals surface area contributed by atoms with Gasteiger partial charge in [0.25, 0.3) is 5.91 Å². The van der Waals surface area contributed by atoms with Crippen LogP contribution in [0.5, 0.6) is 0 Å². The molecular formula is C12H21N3O3. The number of urea groups is 1. The van der Waals surface area contributed by atoms with E-state index in [9.17, 15) is 14.4 Å². The molecule has 0 spiro atoms. The Kier molecular flexibility index (Phi) is 4.69. The summed E-state index contributed by atoms with van der Waals surface area (Å²) >= 11 is 0. The van der Waals surface area contributed by atoms with E-state index in [2.05, 4.69) is 10.6 Å². The smallest absolute Gasteiger partial charge is 0.325 e. The molecule has 0 unspecified atom stereocenters. The first-order chi connectivity index (χ1) is 8.31. The molecule has 0 radical (unpaired) electrons. The zero-order valence-corrected chi connectivity index (χ0v) is 11.3. The minimum Gasteiger partial charge on any atom is -0.352 e. The fourth-order valence-electron chi connectivity index (χ4n) is 1.87. The molecule has 0 aliphatic carbocycles. The summed E-state index contributed by atoms with van der Waals surface area (Å²) in [6.07, 6.45) is 0.590. The summed E-state index contributed by atoms with van der Waals surface area (Å²) in [5, 5.41) is 5.25. The molecule has 0 aromatic rings. The number of rotatable bonds is 5. The van der Waals surface area contributed by atoms with Gasteiger partial charge in [-0.1, -0.05) is 13.8 Å². The fourth-order valence-corrected chi connectivity index (χ4v) is 1.87. The molecule has 2 N–H and O–H groups in total. The average molecular weight is 255 g/mol. The van der Waals surface area contributed by atoms with Crippen molar-refractivity contribution in [1.82, 2.24) is 15.5 Å². The molecule has 1 fully saturated rings. The molecule has 1 heterocycles. The first-order valence-corrected chi connectivity index (χ1v) is 6.22. The summed E-state index contributed by atoms with van der Waals surface area (Å²) in [5.41, 5.74) is 0. The number of amides is 4. The van der Waals surface area contributed by atoms with Gasteiger partial charge in [0.05, 0.1) is 0 Å². The molecule has 1 atom stereocenters. The minimum atomic E-state index is -0.496. The van der Waals surface area contributed by atoms with Crippen molar-refractivity contribution >= 4 is 17.8 Å². The molecule has 1 rings (SSSR count). The van der Waals surface area contributed by atoms with Crippen molar-refractivity contribution in [2.45, 2.75) is 46.2 Å². The molecule has 0 saturated carbocycles. The lowest BCUT2D eigenvalue weighted by atomic mass is 10.0. The number of carbonyl (C=O) groups excluding carboxylic acids is 3. The number of nitrogens with zero attached hydrogens (tertiary/aromatic N) is 1. The van der Waals surface area contributed by atoms with Crippen LogP contribution in [0.3, 0.4) is 0 Å². The lowest BCUT2D eigenvalue weighted by Gasteiger charge is -2.14. The van der Waals surface area contributed by atoms with Crippen molar-refractivity contribution in [2.75, 3.05) is 6.54 Å².